The van der Waals surface area contributed by atoms with E-state index in [4.69, 9.17) is 0 Å². The predicted octanol–water partition coefficient (Wildman–Crippen LogP) is 1.86. The third kappa shape index (κ3) is 4.76. The summed E-state index contributed by atoms with van der Waals surface area (Å²) in [7, 11) is 1.84. The average molecular weight is 419 g/mol. The molecule has 4 heterocycles. The summed E-state index contributed by atoms with van der Waals surface area (Å²) in [5.74, 6) is 0.513. The van der Waals surface area contributed by atoms with E-state index in [1.54, 1.807) is 41.6 Å². The molecule has 9 nitrogen and oxygen atoms in total. The Labute approximate surface area is 180 Å². The molecule has 0 bridgehead atoms. The maximum absolute atomic E-state index is 12.9. The van der Waals surface area contributed by atoms with Gasteiger partial charge in [-0.25, -0.2) is 9.97 Å². The summed E-state index contributed by atoms with van der Waals surface area (Å²) in [5, 5.41) is 7.05. The maximum atomic E-state index is 12.9. The van der Waals surface area contributed by atoms with Gasteiger partial charge in [-0.3, -0.25) is 19.3 Å². The third-order valence-corrected chi connectivity index (χ3v) is 5.47. The van der Waals surface area contributed by atoms with E-state index in [-0.39, 0.29) is 17.7 Å². The number of carbonyl (C=O) groups is 2. The monoisotopic (exact) mass is 419 g/mol. The lowest BCUT2D eigenvalue weighted by Gasteiger charge is -2.32. The molecule has 1 saturated heterocycles. The average Bonchev–Trinajstić information content (AvgIpc) is 3.22. The summed E-state index contributed by atoms with van der Waals surface area (Å²) < 4.78 is 1.70. The minimum Gasteiger partial charge on any atom is -0.348 e. The molecule has 0 spiro atoms. The van der Waals surface area contributed by atoms with Crippen LogP contribution in [0, 0.1) is 6.92 Å². The van der Waals surface area contributed by atoms with Crippen LogP contribution in [0.1, 0.15) is 56.6 Å². The van der Waals surface area contributed by atoms with Gasteiger partial charge in [-0.1, -0.05) is 0 Å². The molecule has 2 amide bonds. The van der Waals surface area contributed by atoms with Crippen LogP contribution >= 0.6 is 0 Å². The Morgan fingerprint density at radius 1 is 1.19 bits per heavy atom. The van der Waals surface area contributed by atoms with Crippen LogP contribution in [0.25, 0.3) is 0 Å². The van der Waals surface area contributed by atoms with Gasteiger partial charge in [0, 0.05) is 63.0 Å². The molecule has 31 heavy (non-hydrogen) atoms. The van der Waals surface area contributed by atoms with E-state index in [9.17, 15) is 9.59 Å². The topological polar surface area (TPSA) is 106 Å². The summed E-state index contributed by atoms with van der Waals surface area (Å²) in [6.07, 6.45) is 9.91. The lowest BCUT2D eigenvalue weighted by atomic mass is 9.90. The van der Waals surface area contributed by atoms with Gasteiger partial charge in [-0.05, 0) is 31.9 Å². The number of nitrogens with zero attached hydrogens (tertiary/aromatic N) is 6. The quantitative estimate of drug-likeness (QED) is 0.677. The zero-order valence-corrected chi connectivity index (χ0v) is 17.7. The molecule has 0 aliphatic carbocycles. The molecular formula is C22H25N7O2. The van der Waals surface area contributed by atoms with Crippen molar-refractivity contribution in [3.05, 3.63) is 71.3 Å². The van der Waals surface area contributed by atoms with Crippen molar-refractivity contribution >= 4 is 11.8 Å². The lowest BCUT2D eigenvalue weighted by Crippen LogP contribution is -2.38. The fraction of sp³-hybridized carbons (Fsp3) is 0.364. The number of likely N-dealkylation sites (tertiary alicyclic amines) is 1. The van der Waals surface area contributed by atoms with E-state index in [1.807, 2.05) is 25.1 Å². The van der Waals surface area contributed by atoms with Crippen molar-refractivity contribution in [2.24, 2.45) is 7.05 Å². The molecular weight excluding hydrogens is 394 g/mol. The molecule has 160 valence electrons. The van der Waals surface area contributed by atoms with Gasteiger partial charge >= 0.3 is 0 Å². The van der Waals surface area contributed by atoms with Crippen molar-refractivity contribution in [3.8, 4) is 0 Å². The molecule has 9 heteroatoms. The molecule has 1 aliphatic heterocycles. The fourth-order valence-electron chi connectivity index (χ4n) is 3.84. The molecule has 0 aromatic carbocycles. The molecule has 0 saturated carbocycles. The summed E-state index contributed by atoms with van der Waals surface area (Å²) in [4.78, 5) is 40.3. The maximum Gasteiger partial charge on any atom is 0.255 e. The Kier molecular flexibility index (Phi) is 6.01. The van der Waals surface area contributed by atoms with Crippen LogP contribution in [0.5, 0.6) is 0 Å². The first-order valence-corrected chi connectivity index (χ1v) is 10.3. The smallest absolute Gasteiger partial charge is 0.255 e. The van der Waals surface area contributed by atoms with E-state index >= 15 is 0 Å². The number of carbonyl (C=O) groups excluding carboxylic acids is 2. The Bertz CT molecular complexity index is 1070. The number of amides is 2. The van der Waals surface area contributed by atoms with Gasteiger partial charge in [0.1, 0.15) is 5.82 Å². The van der Waals surface area contributed by atoms with Gasteiger partial charge in [0.25, 0.3) is 11.8 Å². The van der Waals surface area contributed by atoms with Crippen LogP contribution in [0.15, 0.2) is 43.1 Å². The molecule has 1 fully saturated rings. The van der Waals surface area contributed by atoms with Gasteiger partial charge in [0.05, 0.1) is 23.0 Å². The standard InChI is InChI=1S/C22H25N7O2/c1-15-24-13-19(21(30)25-10-16-11-26-28(2)14-16)20(27-15)17-5-8-29(9-6-17)22(31)18-4-3-7-23-12-18/h3-4,7,11-14,17H,5-6,8-10H2,1-2H3,(H,25,30). The van der Waals surface area contributed by atoms with E-state index in [0.29, 0.717) is 36.6 Å². The summed E-state index contributed by atoms with van der Waals surface area (Å²) >= 11 is 0. The van der Waals surface area contributed by atoms with Crippen molar-refractivity contribution in [1.29, 1.82) is 0 Å². The first kappa shape index (κ1) is 20.6. The van der Waals surface area contributed by atoms with Crippen LogP contribution in [-0.4, -0.2) is 54.5 Å². The van der Waals surface area contributed by atoms with Gasteiger partial charge < -0.3 is 10.2 Å². The van der Waals surface area contributed by atoms with Crippen molar-refractivity contribution in [2.75, 3.05) is 13.1 Å². The number of hydrogen-bond donors (Lipinski definition) is 1. The zero-order valence-electron chi connectivity index (χ0n) is 17.7. The molecule has 0 radical (unpaired) electrons. The third-order valence-electron chi connectivity index (χ3n) is 5.47. The number of rotatable bonds is 5. The van der Waals surface area contributed by atoms with Gasteiger partial charge in [-0.15, -0.1) is 0 Å². The van der Waals surface area contributed by atoms with Gasteiger partial charge in [0.15, 0.2) is 0 Å². The highest BCUT2D eigenvalue weighted by molar-refractivity contribution is 5.95. The summed E-state index contributed by atoms with van der Waals surface area (Å²) in [6, 6.07) is 3.54. The number of nitrogens with one attached hydrogen (secondary N) is 1. The Hall–Kier alpha value is -3.62. The highest BCUT2D eigenvalue weighted by Crippen LogP contribution is 2.29. The number of hydrogen-bond acceptors (Lipinski definition) is 6. The Morgan fingerprint density at radius 3 is 2.68 bits per heavy atom. The van der Waals surface area contributed by atoms with E-state index in [0.717, 1.165) is 24.1 Å². The number of aryl methyl sites for hydroxylation is 2. The normalized spacial score (nSPS) is 14.5. The van der Waals surface area contributed by atoms with Crippen molar-refractivity contribution in [3.63, 3.8) is 0 Å². The molecule has 3 aromatic heterocycles. The minimum atomic E-state index is -0.201. The van der Waals surface area contributed by atoms with Crippen LogP contribution in [-0.2, 0) is 13.6 Å². The molecule has 0 unspecified atom stereocenters. The molecule has 3 aromatic rings. The largest absolute Gasteiger partial charge is 0.348 e. The Balaban J connectivity index is 1.44. The van der Waals surface area contributed by atoms with E-state index in [1.165, 1.54) is 0 Å². The second kappa shape index (κ2) is 9.03. The second-order valence-electron chi connectivity index (χ2n) is 7.73. The molecule has 4 rings (SSSR count). The lowest BCUT2D eigenvalue weighted by molar-refractivity contribution is 0.0710. The van der Waals surface area contributed by atoms with Crippen LogP contribution in [0.4, 0.5) is 0 Å². The van der Waals surface area contributed by atoms with Crippen molar-refractivity contribution in [2.45, 2.75) is 32.2 Å². The molecule has 0 atom stereocenters. The van der Waals surface area contributed by atoms with Gasteiger partial charge in [-0.2, -0.15) is 5.10 Å². The predicted molar refractivity (Wildman–Crippen MR) is 113 cm³/mol. The van der Waals surface area contributed by atoms with Crippen molar-refractivity contribution < 1.29 is 9.59 Å². The van der Waals surface area contributed by atoms with Crippen molar-refractivity contribution in [1.82, 2.24) is 34.9 Å². The zero-order chi connectivity index (χ0) is 21.8. The van der Waals surface area contributed by atoms with E-state index < -0.39 is 0 Å². The highest BCUT2D eigenvalue weighted by atomic mass is 16.2. The van der Waals surface area contributed by atoms with Crippen LogP contribution in [0.3, 0.4) is 0 Å². The first-order valence-electron chi connectivity index (χ1n) is 10.3. The van der Waals surface area contributed by atoms with E-state index in [2.05, 4.69) is 25.4 Å². The molecule has 1 aliphatic rings. The molecule has 1 N–H and O–H groups in total. The van der Waals surface area contributed by atoms with Crippen LogP contribution in [0.2, 0.25) is 0 Å². The first-order chi connectivity index (χ1) is 15.0. The second-order valence-corrected chi connectivity index (χ2v) is 7.73. The minimum absolute atomic E-state index is 0.0140. The summed E-state index contributed by atoms with van der Waals surface area (Å²) in [6.45, 7) is 3.43. The SMILES string of the molecule is Cc1ncc(C(=O)NCc2cnn(C)c2)c(C2CCN(C(=O)c3cccnc3)CC2)n1. The Morgan fingerprint density at radius 2 is 2.00 bits per heavy atom. The number of piperidine rings is 1. The summed E-state index contributed by atoms with van der Waals surface area (Å²) in [5.41, 5.74) is 2.76. The fourth-order valence-corrected chi connectivity index (χ4v) is 3.84. The van der Waals surface area contributed by atoms with Gasteiger partial charge in [0.2, 0.25) is 0 Å². The number of aromatic nitrogens is 5. The van der Waals surface area contributed by atoms with Crippen LogP contribution < -0.4 is 5.32 Å². The number of pyridine rings is 1. The highest BCUT2D eigenvalue weighted by Gasteiger charge is 2.28.